The molecule has 0 aliphatic carbocycles. The van der Waals surface area contributed by atoms with Crippen LogP contribution in [0.25, 0.3) is 0 Å². The summed E-state index contributed by atoms with van der Waals surface area (Å²) in [6.07, 6.45) is 0. The maximum absolute atomic E-state index is 4.47. The summed E-state index contributed by atoms with van der Waals surface area (Å²) in [5.74, 6) is 0. The standard InChI is InChI=1S/C11H14N2S2/c1-7-11(15-8(2)13-7)10(12-3)9-4-5-14-6-9/h4-6,10,12H,1-3H3. The molecule has 2 nitrogen and oxygen atoms in total. The number of thiazole rings is 1. The van der Waals surface area contributed by atoms with E-state index in [1.54, 1.807) is 22.7 Å². The van der Waals surface area contributed by atoms with E-state index >= 15 is 0 Å². The fourth-order valence-electron chi connectivity index (χ4n) is 1.70. The van der Waals surface area contributed by atoms with Gasteiger partial charge in [0.2, 0.25) is 0 Å². The van der Waals surface area contributed by atoms with Gasteiger partial charge in [-0.15, -0.1) is 11.3 Å². The van der Waals surface area contributed by atoms with Gasteiger partial charge in [0.25, 0.3) is 0 Å². The molecule has 0 bridgehead atoms. The fourth-order valence-corrected chi connectivity index (χ4v) is 3.46. The predicted octanol–water partition coefficient (Wildman–Crippen LogP) is 3.13. The lowest BCUT2D eigenvalue weighted by Crippen LogP contribution is -2.16. The third kappa shape index (κ3) is 2.12. The van der Waals surface area contributed by atoms with Crippen LogP contribution in [0.4, 0.5) is 0 Å². The molecule has 0 radical (unpaired) electrons. The van der Waals surface area contributed by atoms with Crippen molar-refractivity contribution in [3.8, 4) is 0 Å². The maximum atomic E-state index is 4.47. The normalized spacial score (nSPS) is 13.0. The van der Waals surface area contributed by atoms with E-state index in [-0.39, 0.29) is 0 Å². The van der Waals surface area contributed by atoms with Gasteiger partial charge in [0.15, 0.2) is 0 Å². The van der Waals surface area contributed by atoms with E-state index < -0.39 is 0 Å². The molecule has 80 valence electrons. The minimum Gasteiger partial charge on any atom is -0.309 e. The average Bonchev–Trinajstić information content (AvgIpc) is 2.79. The molecule has 4 heteroatoms. The molecule has 2 aromatic heterocycles. The van der Waals surface area contributed by atoms with Crippen LogP contribution in [0.5, 0.6) is 0 Å². The second kappa shape index (κ2) is 4.43. The lowest BCUT2D eigenvalue weighted by atomic mass is 10.1. The van der Waals surface area contributed by atoms with E-state index in [0.29, 0.717) is 6.04 Å². The van der Waals surface area contributed by atoms with Gasteiger partial charge >= 0.3 is 0 Å². The zero-order chi connectivity index (χ0) is 10.8. The van der Waals surface area contributed by atoms with Crippen LogP contribution in [0.2, 0.25) is 0 Å². The molecule has 0 aliphatic heterocycles. The van der Waals surface area contributed by atoms with Crippen molar-refractivity contribution in [2.45, 2.75) is 19.9 Å². The number of rotatable bonds is 3. The predicted molar refractivity (Wildman–Crippen MR) is 66.8 cm³/mol. The molecule has 0 saturated carbocycles. The Kier molecular flexibility index (Phi) is 3.19. The summed E-state index contributed by atoms with van der Waals surface area (Å²) in [4.78, 5) is 5.80. The van der Waals surface area contributed by atoms with Gasteiger partial charge < -0.3 is 5.32 Å². The quantitative estimate of drug-likeness (QED) is 0.888. The lowest BCUT2D eigenvalue weighted by molar-refractivity contribution is 0.700. The van der Waals surface area contributed by atoms with Crippen molar-refractivity contribution in [2.75, 3.05) is 7.05 Å². The van der Waals surface area contributed by atoms with E-state index in [4.69, 9.17) is 0 Å². The molecule has 0 aliphatic rings. The molecule has 2 rings (SSSR count). The molecule has 2 aromatic rings. The maximum Gasteiger partial charge on any atom is 0.0900 e. The van der Waals surface area contributed by atoms with E-state index in [9.17, 15) is 0 Å². The summed E-state index contributed by atoms with van der Waals surface area (Å²) >= 11 is 3.51. The van der Waals surface area contributed by atoms with Crippen molar-refractivity contribution in [1.82, 2.24) is 10.3 Å². The lowest BCUT2D eigenvalue weighted by Gasteiger charge is -2.13. The molecular weight excluding hydrogens is 224 g/mol. The van der Waals surface area contributed by atoms with Crippen LogP contribution < -0.4 is 5.32 Å². The van der Waals surface area contributed by atoms with Crippen molar-refractivity contribution in [3.05, 3.63) is 38.0 Å². The first kappa shape index (κ1) is 10.8. The van der Waals surface area contributed by atoms with Crippen LogP contribution in [-0.2, 0) is 0 Å². The molecule has 15 heavy (non-hydrogen) atoms. The molecule has 2 heterocycles. The Labute approximate surface area is 98.0 Å². The van der Waals surface area contributed by atoms with Crippen molar-refractivity contribution < 1.29 is 0 Å². The van der Waals surface area contributed by atoms with E-state index in [1.807, 2.05) is 7.05 Å². The molecule has 1 unspecified atom stereocenters. The molecule has 1 N–H and O–H groups in total. The van der Waals surface area contributed by atoms with Crippen LogP contribution >= 0.6 is 22.7 Å². The number of nitrogens with zero attached hydrogens (tertiary/aromatic N) is 1. The van der Waals surface area contributed by atoms with Gasteiger partial charge in [-0.05, 0) is 43.3 Å². The Bertz CT molecular complexity index is 431. The van der Waals surface area contributed by atoms with Crippen molar-refractivity contribution in [1.29, 1.82) is 0 Å². The van der Waals surface area contributed by atoms with Crippen LogP contribution in [0.15, 0.2) is 16.8 Å². The summed E-state index contributed by atoms with van der Waals surface area (Å²) in [6.45, 7) is 4.14. The summed E-state index contributed by atoms with van der Waals surface area (Å²) in [5.41, 5.74) is 2.47. The van der Waals surface area contributed by atoms with Gasteiger partial charge in [-0.3, -0.25) is 0 Å². The van der Waals surface area contributed by atoms with Gasteiger partial charge in [-0.25, -0.2) is 4.98 Å². The van der Waals surface area contributed by atoms with Gasteiger partial charge in [0.05, 0.1) is 16.7 Å². The van der Waals surface area contributed by atoms with Gasteiger partial charge in [-0.2, -0.15) is 11.3 Å². The Morgan fingerprint density at radius 2 is 2.20 bits per heavy atom. The third-order valence-corrected chi connectivity index (χ3v) is 4.21. The number of thiophene rings is 1. The second-order valence-electron chi connectivity index (χ2n) is 3.46. The van der Waals surface area contributed by atoms with Crippen LogP contribution in [0, 0.1) is 13.8 Å². The molecule has 0 spiro atoms. The monoisotopic (exact) mass is 238 g/mol. The summed E-state index contributed by atoms with van der Waals surface area (Å²) in [7, 11) is 2.00. The molecule has 0 fully saturated rings. The first-order valence-corrected chi connectivity index (χ1v) is 6.61. The minimum atomic E-state index is 0.294. The fraction of sp³-hybridized carbons (Fsp3) is 0.364. The summed E-state index contributed by atoms with van der Waals surface area (Å²) < 4.78 is 0. The van der Waals surface area contributed by atoms with E-state index in [0.717, 1.165) is 10.7 Å². The molecule has 0 amide bonds. The van der Waals surface area contributed by atoms with E-state index in [1.165, 1.54) is 10.4 Å². The zero-order valence-corrected chi connectivity index (χ0v) is 10.7. The Balaban J connectivity index is 2.39. The van der Waals surface area contributed by atoms with E-state index in [2.05, 4.69) is 41.0 Å². The molecule has 1 atom stereocenters. The average molecular weight is 238 g/mol. The number of nitrogens with one attached hydrogen (secondary N) is 1. The van der Waals surface area contributed by atoms with Gasteiger partial charge in [0.1, 0.15) is 0 Å². The zero-order valence-electron chi connectivity index (χ0n) is 9.07. The highest BCUT2D eigenvalue weighted by Crippen LogP contribution is 2.30. The minimum absolute atomic E-state index is 0.294. The highest BCUT2D eigenvalue weighted by atomic mass is 32.1. The van der Waals surface area contributed by atoms with Crippen LogP contribution in [-0.4, -0.2) is 12.0 Å². The summed E-state index contributed by atoms with van der Waals surface area (Å²) in [6, 6.07) is 2.46. The molecular formula is C11H14N2S2. The Morgan fingerprint density at radius 1 is 1.40 bits per heavy atom. The Hall–Kier alpha value is -0.710. The number of hydrogen-bond acceptors (Lipinski definition) is 4. The van der Waals surface area contributed by atoms with Crippen molar-refractivity contribution in [3.63, 3.8) is 0 Å². The first-order chi connectivity index (χ1) is 7.22. The van der Waals surface area contributed by atoms with Crippen molar-refractivity contribution in [2.24, 2.45) is 0 Å². The highest BCUT2D eigenvalue weighted by molar-refractivity contribution is 7.11. The topological polar surface area (TPSA) is 24.9 Å². The Morgan fingerprint density at radius 3 is 2.67 bits per heavy atom. The number of hydrogen-bond donors (Lipinski definition) is 1. The SMILES string of the molecule is CNC(c1ccsc1)c1sc(C)nc1C. The van der Waals surface area contributed by atoms with Gasteiger partial charge in [-0.1, -0.05) is 0 Å². The summed E-state index contributed by atoms with van der Waals surface area (Å²) in [5, 5.41) is 8.79. The van der Waals surface area contributed by atoms with Crippen molar-refractivity contribution >= 4 is 22.7 Å². The third-order valence-electron chi connectivity index (χ3n) is 2.37. The number of aryl methyl sites for hydroxylation is 2. The molecule has 0 saturated heterocycles. The second-order valence-corrected chi connectivity index (χ2v) is 5.48. The first-order valence-electron chi connectivity index (χ1n) is 4.85. The van der Waals surface area contributed by atoms with Gasteiger partial charge in [0, 0.05) is 4.88 Å². The largest absolute Gasteiger partial charge is 0.309 e. The molecule has 0 aromatic carbocycles. The van der Waals surface area contributed by atoms with Crippen LogP contribution in [0.1, 0.15) is 27.2 Å². The number of aromatic nitrogens is 1. The highest BCUT2D eigenvalue weighted by Gasteiger charge is 2.17. The van der Waals surface area contributed by atoms with Crippen LogP contribution in [0.3, 0.4) is 0 Å². The smallest absolute Gasteiger partial charge is 0.0900 e.